The second kappa shape index (κ2) is 8.98. The standard InChI is InChI=1S/C19H21BrN2O7S/c1-4-14(29-30(25,26)12-7-5-11(2)6-8-12)17-15(27-3)9-16(28-17)22-10-13(20)18(23)21-19(22)24/h4-8,10,14-17H,1,9H2,2-3H3,(H,21,23,24)/t14?,15-,16+,17+/m0/s1. The van der Waals surface area contributed by atoms with Gasteiger partial charge in [0.05, 0.1) is 15.5 Å². The molecule has 1 aromatic carbocycles. The minimum Gasteiger partial charge on any atom is -0.378 e. The number of methoxy groups -OCH3 is 1. The Bertz CT molecular complexity index is 1140. The fourth-order valence-electron chi connectivity index (χ4n) is 3.17. The molecule has 4 atom stereocenters. The molecular weight excluding hydrogens is 480 g/mol. The van der Waals surface area contributed by atoms with Gasteiger partial charge in [-0.3, -0.25) is 18.5 Å². The second-order valence-corrected chi connectivity index (χ2v) is 9.20. The lowest BCUT2D eigenvalue weighted by atomic mass is 10.1. The number of halogens is 1. The van der Waals surface area contributed by atoms with Crippen LogP contribution >= 0.6 is 15.9 Å². The zero-order valence-electron chi connectivity index (χ0n) is 16.3. The minimum atomic E-state index is -4.09. The maximum atomic E-state index is 12.7. The van der Waals surface area contributed by atoms with Crippen LogP contribution in [-0.4, -0.2) is 43.4 Å². The van der Waals surface area contributed by atoms with Crippen LogP contribution in [0.25, 0.3) is 0 Å². The average Bonchev–Trinajstić information content (AvgIpc) is 3.13. The van der Waals surface area contributed by atoms with E-state index in [1.165, 1.54) is 36.1 Å². The van der Waals surface area contributed by atoms with E-state index in [0.29, 0.717) is 0 Å². The van der Waals surface area contributed by atoms with E-state index in [4.69, 9.17) is 13.7 Å². The molecule has 1 saturated heterocycles. The summed E-state index contributed by atoms with van der Waals surface area (Å²) in [4.78, 5) is 25.9. The third-order valence-corrected chi connectivity index (χ3v) is 6.65. The molecule has 162 valence electrons. The molecule has 0 spiro atoms. The summed E-state index contributed by atoms with van der Waals surface area (Å²) in [7, 11) is -2.64. The van der Waals surface area contributed by atoms with E-state index in [-0.39, 0.29) is 15.8 Å². The van der Waals surface area contributed by atoms with Crippen molar-refractivity contribution in [2.24, 2.45) is 0 Å². The summed E-state index contributed by atoms with van der Waals surface area (Å²) in [6.07, 6.45) is -0.428. The molecule has 30 heavy (non-hydrogen) atoms. The first-order chi connectivity index (χ1) is 14.2. The number of nitrogens with one attached hydrogen (secondary N) is 1. The molecule has 1 aromatic heterocycles. The van der Waals surface area contributed by atoms with Crippen LogP contribution in [0.1, 0.15) is 18.2 Å². The molecule has 1 aliphatic rings. The van der Waals surface area contributed by atoms with Crippen LogP contribution in [0.15, 0.2) is 62.1 Å². The minimum absolute atomic E-state index is 0.00393. The van der Waals surface area contributed by atoms with Gasteiger partial charge in [-0.15, -0.1) is 6.58 Å². The van der Waals surface area contributed by atoms with E-state index in [9.17, 15) is 18.0 Å². The molecule has 11 heteroatoms. The Hall–Kier alpha value is -2.05. The first-order valence-electron chi connectivity index (χ1n) is 8.98. The molecule has 1 aliphatic heterocycles. The number of H-pyrrole nitrogens is 1. The van der Waals surface area contributed by atoms with Gasteiger partial charge >= 0.3 is 5.69 Å². The van der Waals surface area contributed by atoms with Crippen molar-refractivity contribution in [3.05, 3.63) is 74.0 Å². The number of aromatic nitrogens is 2. The van der Waals surface area contributed by atoms with Crippen LogP contribution in [0, 0.1) is 6.92 Å². The van der Waals surface area contributed by atoms with Gasteiger partial charge in [-0.25, -0.2) is 4.79 Å². The van der Waals surface area contributed by atoms with Gasteiger partial charge in [0.2, 0.25) is 0 Å². The Labute approximate surface area is 181 Å². The highest BCUT2D eigenvalue weighted by Gasteiger charge is 2.43. The number of aromatic amines is 1. The highest BCUT2D eigenvalue weighted by atomic mass is 79.9. The molecule has 0 amide bonds. The Morgan fingerprint density at radius 2 is 2.00 bits per heavy atom. The van der Waals surface area contributed by atoms with Crippen LogP contribution in [0.2, 0.25) is 0 Å². The van der Waals surface area contributed by atoms with Gasteiger partial charge in [0, 0.05) is 19.7 Å². The summed E-state index contributed by atoms with van der Waals surface area (Å²) in [5, 5.41) is 0. The third-order valence-electron chi connectivity index (χ3n) is 4.76. The molecule has 2 aromatic rings. The van der Waals surface area contributed by atoms with Gasteiger partial charge in [-0.1, -0.05) is 23.8 Å². The van der Waals surface area contributed by atoms with Crippen molar-refractivity contribution < 1.29 is 22.1 Å². The smallest absolute Gasteiger partial charge is 0.330 e. The summed E-state index contributed by atoms with van der Waals surface area (Å²) >= 11 is 3.08. The number of benzene rings is 1. The maximum Gasteiger partial charge on any atom is 0.330 e. The van der Waals surface area contributed by atoms with E-state index < -0.39 is 45.9 Å². The van der Waals surface area contributed by atoms with E-state index >= 15 is 0 Å². The van der Waals surface area contributed by atoms with Gasteiger partial charge in [0.1, 0.15) is 18.4 Å². The Morgan fingerprint density at radius 3 is 2.60 bits per heavy atom. The summed E-state index contributed by atoms with van der Waals surface area (Å²) in [6.45, 7) is 5.50. The lowest BCUT2D eigenvalue weighted by Gasteiger charge is -2.24. The maximum absolute atomic E-state index is 12.7. The predicted octanol–water partition coefficient (Wildman–Crippen LogP) is 1.87. The van der Waals surface area contributed by atoms with Crippen molar-refractivity contribution in [1.82, 2.24) is 9.55 Å². The topological polar surface area (TPSA) is 117 Å². The second-order valence-electron chi connectivity index (χ2n) is 6.77. The number of hydrogen-bond acceptors (Lipinski definition) is 7. The molecule has 0 radical (unpaired) electrons. The monoisotopic (exact) mass is 500 g/mol. The normalized spacial score (nSPS) is 22.7. The van der Waals surface area contributed by atoms with Crippen LogP contribution < -0.4 is 11.2 Å². The average molecular weight is 501 g/mol. The van der Waals surface area contributed by atoms with Crippen molar-refractivity contribution in [2.45, 2.75) is 42.8 Å². The molecule has 0 aliphatic carbocycles. The molecule has 1 N–H and O–H groups in total. The Morgan fingerprint density at radius 1 is 1.33 bits per heavy atom. The van der Waals surface area contributed by atoms with Crippen molar-refractivity contribution >= 4 is 26.0 Å². The van der Waals surface area contributed by atoms with Gasteiger partial charge in [-0.2, -0.15) is 8.42 Å². The molecule has 2 heterocycles. The largest absolute Gasteiger partial charge is 0.378 e. The molecule has 0 saturated carbocycles. The van der Waals surface area contributed by atoms with Gasteiger partial charge in [-0.05, 0) is 35.0 Å². The van der Waals surface area contributed by atoms with E-state index in [1.807, 2.05) is 6.92 Å². The molecular formula is C19H21BrN2O7S. The van der Waals surface area contributed by atoms with Crippen molar-refractivity contribution in [2.75, 3.05) is 7.11 Å². The summed E-state index contributed by atoms with van der Waals surface area (Å²) < 4.78 is 43.5. The van der Waals surface area contributed by atoms with Crippen molar-refractivity contribution in [3.8, 4) is 0 Å². The number of rotatable bonds is 7. The van der Waals surface area contributed by atoms with E-state index in [0.717, 1.165) is 5.56 Å². The Balaban J connectivity index is 1.86. The van der Waals surface area contributed by atoms with Crippen molar-refractivity contribution in [1.29, 1.82) is 0 Å². The summed E-state index contributed by atoms with van der Waals surface area (Å²) in [6, 6.07) is 6.24. The predicted molar refractivity (Wildman–Crippen MR) is 112 cm³/mol. The lowest BCUT2D eigenvalue weighted by Crippen LogP contribution is -2.38. The zero-order chi connectivity index (χ0) is 22.1. The fourth-order valence-corrected chi connectivity index (χ4v) is 4.55. The highest BCUT2D eigenvalue weighted by Crippen LogP contribution is 2.34. The quantitative estimate of drug-likeness (QED) is 0.455. The first-order valence-corrected chi connectivity index (χ1v) is 11.2. The third kappa shape index (κ3) is 4.65. The van der Waals surface area contributed by atoms with Crippen LogP contribution in [0.3, 0.4) is 0 Å². The van der Waals surface area contributed by atoms with Gasteiger partial charge in [0.25, 0.3) is 15.7 Å². The Kier molecular flexibility index (Phi) is 6.78. The number of aryl methyl sites for hydroxylation is 1. The van der Waals surface area contributed by atoms with Crippen LogP contribution in [0.4, 0.5) is 0 Å². The molecule has 3 rings (SSSR count). The SMILES string of the molecule is C=CC(OS(=O)(=O)c1ccc(C)cc1)[C@H]1O[C@@H](n2cc(Br)c(=O)[nH]c2=O)C[C@@H]1OC. The zero-order valence-corrected chi connectivity index (χ0v) is 18.7. The number of nitrogens with zero attached hydrogens (tertiary/aromatic N) is 1. The van der Waals surface area contributed by atoms with Crippen molar-refractivity contribution in [3.63, 3.8) is 0 Å². The van der Waals surface area contributed by atoms with Gasteiger partial charge in [0.15, 0.2) is 0 Å². The van der Waals surface area contributed by atoms with Crippen LogP contribution in [-0.2, 0) is 23.8 Å². The lowest BCUT2D eigenvalue weighted by molar-refractivity contribution is -0.0672. The summed E-state index contributed by atoms with van der Waals surface area (Å²) in [5.41, 5.74) is -0.314. The number of hydrogen-bond donors (Lipinski definition) is 1. The van der Waals surface area contributed by atoms with Gasteiger partial charge < -0.3 is 9.47 Å². The molecule has 1 unspecified atom stereocenters. The van der Waals surface area contributed by atoms with Crippen LogP contribution in [0.5, 0.6) is 0 Å². The number of ether oxygens (including phenoxy) is 2. The van der Waals surface area contributed by atoms with E-state index in [2.05, 4.69) is 27.5 Å². The summed E-state index contributed by atoms with van der Waals surface area (Å²) in [5.74, 6) is 0. The molecule has 0 bridgehead atoms. The molecule has 9 nitrogen and oxygen atoms in total. The fraction of sp³-hybridized carbons (Fsp3) is 0.368. The molecule has 1 fully saturated rings. The highest BCUT2D eigenvalue weighted by molar-refractivity contribution is 9.10. The van der Waals surface area contributed by atoms with E-state index in [1.54, 1.807) is 12.1 Å². The first kappa shape index (κ1) is 22.6.